The molecule has 0 saturated heterocycles. The van der Waals surface area contributed by atoms with Crippen LogP contribution in [-0.4, -0.2) is 17.4 Å². The minimum absolute atomic E-state index is 0.219. The summed E-state index contributed by atoms with van der Waals surface area (Å²) in [5, 5.41) is 2.88. The lowest BCUT2D eigenvalue weighted by atomic mass is 10.1. The molecule has 0 aliphatic carbocycles. The zero-order valence-electron chi connectivity index (χ0n) is 12.0. The summed E-state index contributed by atoms with van der Waals surface area (Å²) in [6.45, 7) is 0.559. The molecule has 1 amide bonds. The maximum absolute atomic E-state index is 12.3. The van der Waals surface area contributed by atoms with Crippen LogP contribution in [0, 0.1) is 0 Å². The summed E-state index contributed by atoms with van der Waals surface area (Å²) in [5.41, 5.74) is 2.35. The molecule has 0 atom stereocenters. The van der Waals surface area contributed by atoms with Crippen molar-refractivity contribution in [2.24, 2.45) is 0 Å². The highest BCUT2D eigenvalue weighted by Crippen LogP contribution is 2.22. The van der Waals surface area contributed by atoms with Gasteiger partial charge in [0.05, 0.1) is 0 Å². The number of nitrogens with zero attached hydrogens (tertiary/aromatic N) is 1. The first-order valence-corrected chi connectivity index (χ1v) is 7.15. The summed E-state index contributed by atoms with van der Waals surface area (Å²) in [4.78, 5) is 16.3. The minimum Gasteiger partial charge on any atom is -0.443 e. The van der Waals surface area contributed by atoms with Gasteiger partial charge in [0.25, 0.3) is 5.91 Å². The number of nitrogens with one attached hydrogen (secondary N) is 1. The highest BCUT2D eigenvalue weighted by molar-refractivity contribution is 5.97. The standard InChI is InChI=1S/C18H16N2O2/c21-18(19-12-11-14-7-3-1-4-8-14)16-17(22-13-20-16)15-9-5-2-6-10-15/h1-10,13H,11-12H2,(H,19,21). The van der Waals surface area contributed by atoms with Gasteiger partial charge in [-0.2, -0.15) is 0 Å². The molecule has 0 saturated carbocycles. The quantitative estimate of drug-likeness (QED) is 0.785. The van der Waals surface area contributed by atoms with Crippen LogP contribution in [0.2, 0.25) is 0 Å². The van der Waals surface area contributed by atoms with Crippen molar-refractivity contribution < 1.29 is 9.21 Å². The number of rotatable bonds is 5. The predicted octanol–water partition coefficient (Wildman–Crippen LogP) is 3.31. The summed E-state index contributed by atoms with van der Waals surface area (Å²) in [6.07, 6.45) is 2.08. The van der Waals surface area contributed by atoms with Crippen LogP contribution >= 0.6 is 0 Å². The van der Waals surface area contributed by atoms with E-state index < -0.39 is 0 Å². The van der Waals surface area contributed by atoms with Crippen molar-refractivity contribution in [1.82, 2.24) is 10.3 Å². The van der Waals surface area contributed by atoms with Gasteiger partial charge < -0.3 is 9.73 Å². The van der Waals surface area contributed by atoms with E-state index in [9.17, 15) is 4.79 Å². The normalized spacial score (nSPS) is 10.4. The van der Waals surface area contributed by atoms with Gasteiger partial charge in [0.15, 0.2) is 17.8 Å². The summed E-state index contributed by atoms with van der Waals surface area (Å²) in [5.74, 6) is 0.279. The van der Waals surface area contributed by atoms with Gasteiger partial charge in [-0.3, -0.25) is 4.79 Å². The Morgan fingerprint density at radius 2 is 1.68 bits per heavy atom. The van der Waals surface area contributed by atoms with E-state index in [1.54, 1.807) is 0 Å². The van der Waals surface area contributed by atoms with Crippen LogP contribution in [-0.2, 0) is 6.42 Å². The van der Waals surface area contributed by atoms with Gasteiger partial charge in [-0.1, -0.05) is 60.7 Å². The third kappa shape index (κ3) is 3.23. The fraction of sp³-hybridized carbons (Fsp3) is 0.111. The number of hydrogen-bond acceptors (Lipinski definition) is 3. The molecule has 0 aliphatic heterocycles. The molecule has 3 rings (SSSR count). The Kier molecular flexibility index (Phi) is 4.30. The average Bonchev–Trinajstić information content (AvgIpc) is 3.06. The molecule has 3 aromatic rings. The first kappa shape index (κ1) is 14.1. The third-order valence-corrected chi connectivity index (χ3v) is 3.36. The Morgan fingerprint density at radius 1 is 1.00 bits per heavy atom. The zero-order valence-corrected chi connectivity index (χ0v) is 12.0. The molecule has 22 heavy (non-hydrogen) atoms. The molecule has 0 radical (unpaired) electrons. The second kappa shape index (κ2) is 6.72. The van der Waals surface area contributed by atoms with E-state index in [0.29, 0.717) is 18.0 Å². The molecule has 1 aromatic heterocycles. The molecule has 0 aliphatic rings. The van der Waals surface area contributed by atoms with Gasteiger partial charge in [0.1, 0.15) is 0 Å². The van der Waals surface area contributed by atoms with E-state index in [1.165, 1.54) is 12.0 Å². The van der Waals surface area contributed by atoms with Crippen molar-refractivity contribution >= 4 is 5.91 Å². The fourth-order valence-corrected chi connectivity index (χ4v) is 2.25. The van der Waals surface area contributed by atoms with Crippen LogP contribution in [0.15, 0.2) is 71.5 Å². The second-order valence-corrected chi connectivity index (χ2v) is 4.89. The molecule has 0 bridgehead atoms. The lowest BCUT2D eigenvalue weighted by molar-refractivity contribution is 0.0950. The van der Waals surface area contributed by atoms with Crippen LogP contribution in [0.1, 0.15) is 16.1 Å². The highest BCUT2D eigenvalue weighted by Gasteiger charge is 2.17. The lowest BCUT2D eigenvalue weighted by Gasteiger charge is -2.05. The maximum atomic E-state index is 12.3. The molecule has 0 spiro atoms. The van der Waals surface area contributed by atoms with Crippen LogP contribution in [0.5, 0.6) is 0 Å². The Balaban J connectivity index is 1.65. The SMILES string of the molecule is O=C(NCCc1ccccc1)c1ncoc1-c1ccccc1. The lowest BCUT2D eigenvalue weighted by Crippen LogP contribution is -2.26. The van der Waals surface area contributed by atoms with Gasteiger partial charge in [0, 0.05) is 12.1 Å². The summed E-state index contributed by atoms with van der Waals surface area (Å²) in [7, 11) is 0. The van der Waals surface area contributed by atoms with Crippen LogP contribution in [0.4, 0.5) is 0 Å². The monoisotopic (exact) mass is 292 g/mol. The summed E-state index contributed by atoms with van der Waals surface area (Å²) < 4.78 is 5.36. The van der Waals surface area contributed by atoms with Crippen LogP contribution in [0.25, 0.3) is 11.3 Å². The van der Waals surface area contributed by atoms with E-state index in [1.807, 2.05) is 60.7 Å². The van der Waals surface area contributed by atoms with Gasteiger partial charge in [-0.15, -0.1) is 0 Å². The minimum atomic E-state index is -0.219. The van der Waals surface area contributed by atoms with Crippen molar-refractivity contribution in [3.05, 3.63) is 78.3 Å². The molecule has 0 fully saturated rings. The van der Waals surface area contributed by atoms with E-state index in [4.69, 9.17) is 4.42 Å². The van der Waals surface area contributed by atoms with Gasteiger partial charge in [-0.25, -0.2) is 4.98 Å². The number of carbonyl (C=O) groups is 1. The molecule has 110 valence electrons. The van der Waals surface area contributed by atoms with E-state index in [-0.39, 0.29) is 5.91 Å². The van der Waals surface area contributed by atoms with Crippen molar-refractivity contribution in [2.75, 3.05) is 6.54 Å². The molecular formula is C18H16N2O2. The number of amides is 1. The Bertz CT molecular complexity index is 736. The molecule has 1 heterocycles. The van der Waals surface area contributed by atoms with Crippen LogP contribution < -0.4 is 5.32 Å². The summed E-state index contributed by atoms with van der Waals surface area (Å²) in [6, 6.07) is 19.5. The smallest absolute Gasteiger partial charge is 0.273 e. The molecule has 2 aromatic carbocycles. The van der Waals surface area contributed by atoms with Crippen molar-refractivity contribution in [3.63, 3.8) is 0 Å². The number of hydrogen-bond donors (Lipinski definition) is 1. The van der Waals surface area contributed by atoms with Gasteiger partial charge in [-0.05, 0) is 12.0 Å². The first-order chi connectivity index (χ1) is 10.8. The topological polar surface area (TPSA) is 55.1 Å². The Hall–Kier alpha value is -2.88. The zero-order chi connectivity index (χ0) is 15.2. The van der Waals surface area contributed by atoms with Crippen LogP contribution in [0.3, 0.4) is 0 Å². The number of aromatic nitrogens is 1. The van der Waals surface area contributed by atoms with Gasteiger partial charge in [0.2, 0.25) is 0 Å². The Morgan fingerprint density at radius 3 is 2.41 bits per heavy atom. The van der Waals surface area contributed by atoms with Crippen molar-refractivity contribution in [1.29, 1.82) is 0 Å². The summed E-state index contributed by atoms with van der Waals surface area (Å²) >= 11 is 0. The van der Waals surface area contributed by atoms with Crippen molar-refractivity contribution in [3.8, 4) is 11.3 Å². The largest absolute Gasteiger partial charge is 0.443 e. The Labute approximate surface area is 128 Å². The molecule has 4 heteroatoms. The molecule has 1 N–H and O–H groups in total. The number of benzene rings is 2. The van der Waals surface area contributed by atoms with E-state index in [2.05, 4.69) is 10.3 Å². The van der Waals surface area contributed by atoms with Gasteiger partial charge >= 0.3 is 0 Å². The predicted molar refractivity (Wildman–Crippen MR) is 84.4 cm³/mol. The molecule has 0 unspecified atom stereocenters. The maximum Gasteiger partial charge on any atom is 0.273 e. The molecular weight excluding hydrogens is 276 g/mol. The van der Waals surface area contributed by atoms with E-state index >= 15 is 0 Å². The highest BCUT2D eigenvalue weighted by atomic mass is 16.3. The number of carbonyl (C=O) groups excluding carboxylic acids is 1. The number of oxazole rings is 1. The van der Waals surface area contributed by atoms with E-state index in [0.717, 1.165) is 12.0 Å². The third-order valence-electron chi connectivity index (χ3n) is 3.36. The average molecular weight is 292 g/mol. The van der Waals surface area contributed by atoms with Crippen molar-refractivity contribution in [2.45, 2.75) is 6.42 Å². The first-order valence-electron chi connectivity index (χ1n) is 7.15. The second-order valence-electron chi connectivity index (χ2n) is 4.89. The fourth-order valence-electron chi connectivity index (χ4n) is 2.25. The molecule has 4 nitrogen and oxygen atoms in total.